The molecule has 2 aromatic rings. The molecule has 8 heteroatoms. The van der Waals surface area contributed by atoms with Crippen molar-refractivity contribution in [2.45, 2.75) is 0 Å². The first-order chi connectivity index (χ1) is 12.3. The van der Waals surface area contributed by atoms with E-state index in [1.165, 1.54) is 40.6 Å². The van der Waals surface area contributed by atoms with Crippen molar-refractivity contribution < 1.29 is 33.6 Å². The molecule has 0 aromatic heterocycles. The van der Waals surface area contributed by atoms with Crippen LogP contribution in [0.4, 0.5) is 0 Å². The number of carbonyl (C=O) groups excluding carboxylic acids is 1. The number of carbonyl (C=O) groups is 2. The van der Waals surface area contributed by atoms with E-state index in [2.05, 4.69) is 0 Å². The van der Waals surface area contributed by atoms with E-state index in [0.717, 1.165) is 0 Å². The lowest BCUT2D eigenvalue weighted by molar-refractivity contribution is 0.0696. The molecule has 0 radical (unpaired) electrons. The topological polar surface area (TPSA) is 91.3 Å². The van der Waals surface area contributed by atoms with Gasteiger partial charge in [-0.2, -0.15) is 0 Å². The van der Waals surface area contributed by atoms with E-state index in [0.29, 0.717) is 28.6 Å². The number of benzene rings is 2. The Morgan fingerprint density at radius 1 is 0.692 bits per heavy atom. The molecule has 0 spiro atoms. The molecule has 0 bridgehead atoms. The second kappa shape index (κ2) is 10.1. The molecule has 0 atom stereocenters. The molecular weight excluding hydrogens is 364 g/mol. The highest BCUT2D eigenvalue weighted by Crippen LogP contribution is 2.23. The minimum Gasteiger partial charge on any atom is -0.497 e. The molecule has 0 unspecified atom stereocenters. The Balaban J connectivity index is 0.000000260. The minimum absolute atomic E-state index is 0.149. The first-order valence-electron chi connectivity index (χ1n) is 7.23. The lowest BCUT2D eigenvalue weighted by Crippen LogP contribution is -1.98. The zero-order chi connectivity index (χ0) is 19.7. The van der Waals surface area contributed by atoms with Crippen LogP contribution in [0.2, 0.25) is 0 Å². The van der Waals surface area contributed by atoms with Gasteiger partial charge in [0.25, 0.3) is 5.24 Å². The Morgan fingerprint density at radius 3 is 1.23 bits per heavy atom. The molecule has 0 amide bonds. The SMILES string of the molecule is COc1cc(OC)cc(C(=O)Cl)c1.COc1cc(OC)cc(C(=O)O)c1. The Morgan fingerprint density at radius 2 is 1.00 bits per heavy atom. The van der Waals surface area contributed by atoms with Crippen molar-refractivity contribution in [3.8, 4) is 23.0 Å². The van der Waals surface area contributed by atoms with Gasteiger partial charge in [0.2, 0.25) is 0 Å². The molecule has 7 nitrogen and oxygen atoms in total. The molecule has 26 heavy (non-hydrogen) atoms. The van der Waals surface area contributed by atoms with Gasteiger partial charge < -0.3 is 24.1 Å². The maximum Gasteiger partial charge on any atom is 0.335 e. The second-order valence-corrected chi connectivity index (χ2v) is 5.12. The minimum atomic E-state index is -1.00. The number of methoxy groups -OCH3 is 4. The van der Waals surface area contributed by atoms with Crippen LogP contribution >= 0.6 is 11.6 Å². The summed E-state index contributed by atoms with van der Waals surface area (Å²) in [6, 6.07) is 9.27. The zero-order valence-corrected chi connectivity index (χ0v) is 15.5. The number of carboxylic acid groups (broad SMARTS) is 1. The van der Waals surface area contributed by atoms with Gasteiger partial charge in [0.05, 0.1) is 34.0 Å². The van der Waals surface area contributed by atoms with E-state index < -0.39 is 11.2 Å². The van der Waals surface area contributed by atoms with Crippen molar-refractivity contribution in [1.82, 2.24) is 0 Å². The normalized spacial score (nSPS) is 9.42. The summed E-state index contributed by atoms with van der Waals surface area (Å²) < 4.78 is 19.7. The number of hydrogen-bond donors (Lipinski definition) is 1. The van der Waals surface area contributed by atoms with Crippen molar-refractivity contribution in [2.75, 3.05) is 28.4 Å². The number of ether oxygens (including phenoxy) is 4. The molecule has 0 heterocycles. The third-order valence-electron chi connectivity index (χ3n) is 3.18. The number of carboxylic acids is 1. The fourth-order valence-electron chi connectivity index (χ4n) is 1.85. The molecule has 0 aliphatic carbocycles. The van der Waals surface area contributed by atoms with E-state index in [1.807, 2.05) is 0 Å². The van der Waals surface area contributed by atoms with Gasteiger partial charge in [-0.1, -0.05) is 0 Å². The van der Waals surface area contributed by atoms with Crippen LogP contribution in [0.1, 0.15) is 20.7 Å². The largest absolute Gasteiger partial charge is 0.497 e. The summed E-state index contributed by atoms with van der Waals surface area (Å²) in [4.78, 5) is 21.5. The first-order valence-corrected chi connectivity index (χ1v) is 7.61. The smallest absolute Gasteiger partial charge is 0.335 e. The number of rotatable bonds is 6. The van der Waals surface area contributed by atoms with Crippen LogP contribution in [0.5, 0.6) is 23.0 Å². The lowest BCUT2D eigenvalue weighted by Gasteiger charge is -2.05. The van der Waals surface area contributed by atoms with Crippen molar-refractivity contribution >= 4 is 22.8 Å². The van der Waals surface area contributed by atoms with Gasteiger partial charge in [-0.3, -0.25) is 4.79 Å². The summed E-state index contributed by atoms with van der Waals surface area (Å²) in [5.41, 5.74) is 0.508. The van der Waals surface area contributed by atoms with E-state index in [1.54, 1.807) is 24.3 Å². The summed E-state index contributed by atoms with van der Waals surface area (Å²) in [7, 11) is 5.97. The Kier molecular flexibility index (Phi) is 8.24. The molecule has 140 valence electrons. The van der Waals surface area contributed by atoms with Gasteiger partial charge >= 0.3 is 5.97 Å². The van der Waals surface area contributed by atoms with Gasteiger partial charge in [0.1, 0.15) is 23.0 Å². The number of aromatic carboxylic acids is 1. The first kappa shape index (κ1) is 21.1. The average molecular weight is 383 g/mol. The Bertz CT molecular complexity index is 664. The van der Waals surface area contributed by atoms with Gasteiger partial charge in [-0.25, -0.2) is 4.79 Å². The van der Waals surface area contributed by atoms with Gasteiger partial charge in [0, 0.05) is 17.7 Å². The van der Waals surface area contributed by atoms with E-state index in [9.17, 15) is 9.59 Å². The monoisotopic (exact) mass is 382 g/mol. The lowest BCUT2D eigenvalue weighted by atomic mass is 10.2. The van der Waals surface area contributed by atoms with Crippen LogP contribution in [0.3, 0.4) is 0 Å². The van der Waals surface area contributed by atoms with Crippen molar-refractivity contribution in [1.29, 1.82) is 0 Å². The van der Waals surface area contributed by atoms with Crippen molar-refractivity contribution in [3.63, 3.8) is 0 Å². The summed E-state index contributed by atoms with van der Waals surface area (Å²) in [6.45, 7) is 0. The van der Waals surface area contributed by atoms with E-state index >= 15 is 0 Å². The molecule has 0 fully saturated rings. The molecule has 2 rings (SSSR count). The van der Waals surface area contributed by atoms with Crippen molar-refractivity contribution in [3.05, 3.63) is 47.5 Å². The summed E-state index contributed by atoms with van der Waals surface area (Å²) in [5.74, 6) is 1.03. The highest BCUT2D eigenvalue weighted by molar-refractivity contribution is 6.67. The standard InChI is InChI=1S/C9H9ClO3.C9H10O4/c2*1-12-7-3-6(9(10)11)4-8(5-7)13-2/h3-5H,1-2H3;3-5H,1-2H3,(H,10,11). The third-order valence-corrected chi connectivity index (χ3v) is 3.40. The van der Waals surface area contributed by atoms with E-state index in [4.69, 9.17) is 35.7 Å². The number of halogens is 1. The summed E-state index contributed by atoms with van der Waals surface area (Å²) in [5, 5.41) is 8.18. The fourth-order valence-corrected chi connectivity index (χ4v) is 1.96. The van der Waals surface area contributed by atoms with Gasteiger partial charge in [0.15, 0.2) is 0 Å². The molecule has 0 saturated carbocycles. The predicted octanol–water partition coefficient (Wildman–Crippen LogP) is 3.48. The summed E-state index contributed by atoms with van der Waals surface area (Å²) in [6.07, 6.45) is 0. The van der Waals surface area contributed by atoms with Crippen LogP contribution < -0.4 is 18.9 Å². The van der Waals surface area contributed by atoms with Crippen LogP contribution in [-0.4, -0.2) is 44.8 Å². The molecule has 0 aliphatic rings. The molecule has 0 aliphatic heterocycles. The quantitative estimate of drug-likeness (QED) is 0.764. The fraction of sp³-hybridized carbons (Fsp3) is 0.222. The van der Waals surface area contributed by atoms with Crippen LogP contribution in [-0.2, 0) is 0 Å². The maximum atomic E-state index is 10.8. The molecule has 1 N–H and O–H groups in total. The van der Waals surface area contributed by atoms with Crippen LogP contribution in [0, 0.1) is 0 Å². The average Bonchev–Trinajstić information content (AvgIpc) is 2.67. The predicted molar refractivity (Wildman–Crippen MR) is 96.2 cm³/mol. The van der Waals surface area contributed by atoms with Gasteiger partial charge in [-0.15, -0.1) is 0 Å². The van der Waals surface area contributed by atoms with Gasteiger partial charge in [-0.05, 0) is 35.9 Å². The third kappa shape index (κ3) is 6.18. The molecule has 2 aromatic carbocycles. The van der Waals surface area contributed by atoms with E-state index in [-0.39, 0.29) is 5.56 Å². The van der Waals surface area contributed by atoms with Crippen molar-refractivity contribution in [2.24, 2.45) is 0 Å². The maximum absolute atomic E-state index is 10.8. The Labute approximate surface area is 156 Å². The molecular formula is C18H19ClO7. The van der Waals surface area contributed by atoms with Crippen LogP contribution in [0.15, 0.2) is 36.4 Å². The zero-order valence-electron chi connectivity index (χ0n) is 14.7. The van der Waals surface area contributed by atoms with Crippen LogP contribution in [0.25, 0.3) is 0 Å². The Hall–Kier alpha value is -2.93. The highest BCUT2D eigenvalue weighted by atomic mass is 35.5. The second-order valence-electron chi connectivity index (χ2n) is 4.78. The highest BCUT2D eigenvalue weighted by Gasteiger charge is 2.07. The summed E-state index contributed by atoms with van der Waals surface area (Å²) >= 11 is 5.31. The number of hydrogen-bond acceptors (Lipinski definition) is 6. The molecule has 0 saturated heterocycles.